The van der Waals surface area contributed by atoms with Gasteiger partial charge >= 0.3 is 5.97 Å². The molecule has 15 heteroatoms. The van der Waals surface area contributed by atoms with Gasteiger partial charge < -0.3 is 34.1 Å². The van der Waals surface area contributed by atoms with E-state index in [1.807, 2.05) is 33.0 Å². The van der Waals surface area contributed by atoms with Gasteiger partial charge in [0, 0.05) is 87.2 Å². The number of carbonyl (C=O) groups is 5. The van der Waals surface area contributed by atoms with E-state index in [0.717, 1.165) is 65.0 Å². The number of pyridine rings is 1. The molecular formula is C50H70N8O7. The lowest BCUT2D eigenvalue weighted by Gasteiger charge is -2.39. The number of piperidine rings is 1. The first-order valence-electron chi connectivity index (χ1n) is 23.7. The normalized spacial score (nSPS) is 23.7. The lowest BCUT2D eigenvalue weighted by atomic mass is 9.84. The Bertz CT molecular complexity index is 2270. The minimum absolute atomic E-state index is 0.0459. The standard InChI is InChI=1S/C50H70N8O7/c1-10-42(59)56-24-20-34(29-56)47(61)54(8)44(31(3)4)46(60)52-40-25-33-15-13-22-55(28-33)35-18-19-41-37(26-35)38(45(57(41)11-2)36-16-12-21-51-43(36)32(5)64-9)27-50(6,7)30-65-49(63)39-17-14-23-58(53-39)48(40)62/h10,12,16,18-19,21,26,31-34,39-40,44,53H,1,11,13-15,17,20,22-25,27-30H2,2-9H3,(H,52,60)/t32-,33-,34-,39-,40-,44-/m0/s1. The van der Waals surface area contributed by atoms with Crippen molar-refractivity contribution in [2.75, 3.05) is 58.4 Å². The molecule has 15 nitrogen and oxygen atoms in total. The highest BCUT2D eigenvalue weighted by Crippen LogP contribution is 2.42. The number of methoxy groups -OCH3 is 1. The maximum Gasteiger partial charge on any atom is 0.324 e. The Balaban J connectivity index is 1.24. The summed E-state index contributed by atoms with van der Waals surface area (Å²) in [4.78, 5) is 79.8. The number of hydrogen-bond acceptors (Lipinski definition) is 10. The van der Waals surface area contributed by atoms with Crippen LogP contribution in [0.5, 0.6) is 0 Å². The van der Waals surface area contributed by atoms with Crippen LogP contribution in [0.25, 0.3) is 22.2 Å². The molecule has 2 aromatic heterocycles. The van der Waals surface area contributed by atoms with Gasteiger partial charge in [-0.3, -0.25) is 34.0 Å². The third kappa shape index (κ3) is 10.1. The molecule has 3 fully saturated rings. The minimum atomic E-state index is -0.928. The Morgan fingerprint density at radius 1 is 1.08 bits per heavy atom. The monoisotopic (exact) mass is 895 g/mol. The van der Waals surface area contributed by atoms with E-state index >= 15 is 0 Å². The Kier molecular flexibility index (Phi) is 14.7. The number of ether oxygens (including phenoxy) is 2. The molecule has 0 aliphatic carbocycles. The van der Waals surface area contributed by atoms with E-state index in [2.05, 4.69) is 71.8 Å². The lowest BCUT2D eigenvalue weighted by molar-refractivity contribution is -0.155. The molecule has 3 aromatic rings. The fraction of sp³-hybridized carbons (Fsp3) is 0.600. The number of rotatable bonds is 10. The van der Waals surface area contributed by atoms with Gasteiger partial charge in [-0.05, 0) is 113 Å². The van der Waals surface area contributed by atoms with Crippen LogP contribution >= 0.6 is 0 Å². The SMILES string of the molecule is C=CC(=O)N1CC[C@H](C(=O)N(C)[C@H](C(=O)N[C@H]2C[C@@H]3CCCN(C3)c3ccc4c(c3)c(c(-c3cccnc3[C@H](C)OC)n4CC)CC(C)(C)COC(=O)[C@@H]3CCCN(N3)C2=O)C(C)C)C1. The molecule has 3 saturated heterocycles. The van der Waals surface area contributed by atoms with Crippen LogP contribution < -0.4 is 15.6 Å². The van der Waals surface area contributed by atoms with Crippen LogP contribution in [0.4, 0.5) is 5.69 Å². The van der Waals surface area contributed by atoms with E-state index in [0.29, 0.717) is 51.7 Å². The molecule has 0 spiro atoms. The number of hydrogen-bond donors (Lipinski definition) is 2. The first kappa shape index (κ1) is 47.7. The number of fused-ring (bicyclic) bond motifs is 6. The smallest absolute Gasteiger partial charge is 0.324 e. The van der Waals surface area contributed by atoms with Crippen molar-refractivity contribution in [3.8, 4) is 11.3 Å². The first-order valence-corrected chi connectivity index (χ1v) is 23.7. The molecule has 2 N–H and O–H groups in total. The third-order valence-electron chi connectivity index (χ3n) is 14.1. The van der Waals surface area contributed by atoms with Crippen molar-refractivity contribution >= 4 is 46.2 Å². The summed E-state index contributed by atoms with van der Waals surface area (Å²) >= 11 is 0. The second-order valence-corrected chi connectivity index (χ2v) is 19.7. The van der Waals surface area contributed by atoms with E-state index in [-0.39, 0.29) is 48.8 Å². The molecule has 0 unspecified atom stereocenters. The number of amides is 4. The number of likely N-dealkylation sites (N-methyl/N-ethyl adjacent to an activating group) is 1. The summed E-state index contributed by atoms with van der Waals surface area (Å²) in [6.45, 7) is 19.3. The number of hydrazine groups is 1. The number of likely N-dealkylation sites (tertiary alicyclic amines) is 1. The van der Waals surface area contributed by atoms with Gasteiger partial charge in [0.05, 0.1) is 30.0 Å². The molecular weight excluding hydrogens is 825 g/mol. The van der Waals surface area contributed by atoms with Crippen LogP contribution in [0.3, 0.4) is 0 Å². The van der Waals surface area contributed by atoms with Gasteiger partial charge in [-0.25, -0.2) is 5.43 Å². The van der Waals surface area contributed by atoms with Crippen molar-refractivity contribution < 1.29 is 33.4 Å². The fourth-order valence-corrected chi connectivity index (χ4v) is 10.6. The molecule has 6 heterocycles. The van der Waals surface area contributed by atoms with E-state index in [1.165, 1.54) is 16.0 Å². The molecule has 4 aliphatic heterocycles. The number of nitrogens with one attached hydrogen (secondary N) is 2. The number of aryl methyl sites for hydroxylation is 1. The first-order chi connectivity index (χ1) is 31.0. The zero-order valence-electron chi connectivity index (χ0n) is 39.7. The van der Waals surface area contributed by atoms with Crippen molar-refractivity contribution in [1.29, 1.82) is 0 Å². The summed E-state index contributed by atoms with van der Waals surface area (Å²) in [5.74, 6) is -2.28. The average Bonchev–Trinajstić information content (AvgIpc) is 3.92. The molecule has 4 aliphatic rings. The highest BCUT2D eigenvalue weighted by atomic mass is 16.5. The van der Waals surface area contributed by atoms with Crippen LogP contribution in [0.15, 0.2) is 49.2 Å². The molecule has 6 atom stereocenters. The summed E-state index contributed by atoms with van der Waals surface area (Å²) < 4.78 is 14.3. The average molecular weight is 895 g/mol. The minimum Gasteiger partial charge on any atom is -0.464 e. The van der Waals surface area contributed by atoms with E-state index in [9.17, 15) is 24.0 Å². The van der Waals surface area contributed by atoms with Crippen molar-refractivity contribution in [2.24, 2.45) is 23.2 Å². The van der Waals surface area contributed by atoms with Crippen LogP contribution in [0, 0.1) is 23.2 Å². The highest BCUT2D eigenvalue weighted by molar-refractivity contribution is 5.95. The zero-order valence-corrected chi connectivity index (χ0v) is 39.7. The number of cyclic esters (lactones) is 1. The van der Waals surface area contributed by atoms with Crippen LogP contribution in [0.1, 0.15) is 97.4 Å². The molecule has 352 valence electrons. The van der Waals surface area contributed by atoms with Crippen LogP contribution in [-0.2, 0) is 46.4 Å². The van der Waals surface area contributed by atoms with E-state index < -0.39 is 41.3 Å². The summed E-state index contributed by atoms with van der Waals surface area (Å²) in [6, 6.07) is 8.25. The predicted octanol–water partition coefficient (Wildman–Crippen LogP) is 5.66. The third-order valence-corrected chi connectivity index (χ3v) is 14.1. The molecule has 0 radical (unpaired) electrons. The maximum absolute atomic E-state index is 14.7. The van der Waals surface area contributed by atoms with Gasteiger partial charge in [0.1, 0.15) is 18.1 Å². The Morgan fingerprint density at radius 3 is 2.57 bits per heavy atom. The quantitative estimate of drug-likeness (QED) is 0.192. The second-order valence-electron chi connectivity index (χ2n) is 19.7. The Hall–Kier alpha value is -5.28. The van der Waals surface area contributed by atoms with Gasteiger partial charge in [-0.15, -0.1) is 0 Å². The summed E-state index contributed by atoms with van der Waals surface area (Å²) in [5.41, 5.74) is 9.01. The molecule has 0 saturated carbocycles. The van der Waals surface area contributed by atoms with Crippen molar-refractivity contribution in [3.63, 3.8) is 0 Å². The fourth-order valence-electron chi connectivity index (χ4n) is 10.6. The predicted molar refractivity (Wildman–Crippen MR) is 250 cm³/mol. The zero-order chi connectivity index (χ0) is 46.7. The Labute approximate surface area is 384 Å². The van der Waals surface area contributed by atoms with E-state index in [4.69, 9.17) is 14.5 Å². The molecule has 1 aromatic carbocycles. The summed E-state index contributed by atoms with van der Waals surface area (Å²) in [7, 11) is 3.33. The van der Waals surface area contributed by atoms with Crippen LogP contribution in [0.2, 0.25) is 0 Å². The number of esters is 1. The van der Waals surface area contributed by atoms with Gasteiger partial charge in [0.2, 0.25) is 17.7 Å². The van der Waals surface area contributed by atoms with Gasteiger partial charge in [0.25, 0.3) is 5.91 Å². The molecule has 7 rings (SSSR count). The largest absolute Gasteiger partial charge is 0.464 e. The van der Waals surface area contributed by atoms with Gasteiger partial charge in [0.15, 0.2) is 0 Å². The van der Waals surface area contributed by atoms with Gasteiger partial charge in [-0.1, -0.05) is 34.3 Å². The maximum atomic E-state index is 14.7. The second kappa shape index (κ2) is 20.1. The van der Waals surface area contributed by atoms with E-state index in [1.54, 1.807) is 19.1 Å². The molecule has 65 heavy (non-hydrogen) atoms. The van der Waals surface area contributed by atoms with Crippen LogP contribution in [-0.4, -0.2) is 126 Å². The molecule has 6 bridgehead atoms. The number of aromatic nitrogens is 2. The number of anilines is 1. The number of benzene rings is 1. The summed E-state index contributed by atoms with van der Waals surface area (Å²) in [5, 5.41) is 5.75. The van der Waals surface area contributed by atoms with Gasteiger partial charge in [-0.2, -0.15) is 0 Å². The lowest BCUT2D eigenvalue weighted by Crippen LogP contribution is -2.62. The topological polar surface area (TPSA) is 159 Å². The van der Waals surface area contributed by atoms with Crippen molar-refractivity contribution in [2.45, 2.75) is 117 Å². The number of nitrogens with zero attached hydrogens (tertiary/aromatic N) is 6. The van der Waals surface area contributed by atoms with Crippen molar-refractivity contribution in [1.82, 2.24) is 35.1 Å². The summed E-state index contributed by atoms with van der Waals surface area (Å²) in [6.07, 6.45) is 7.15. The Morgan fingerprint density at radius 2 is 1.85 bits per heavy atom. The molecule has 4 amide bonds. The van der Waals surface area contributed by atoms with Crippen molar-refractivity contribution in [3.05, 3.63) is 60.4 Å². The number of carbonyl (C=O) groups excluding carboxylic acids is 5. The highest BCUT2D eigenvalue weighted by Gasteiger charge is 2.41.